The largest absolute Gasteiger partial charge is 0.474 e. The zero-order chi connectivity index (χ0) is 16.3. The molecule has 2 saturated carbocycles. The second-order valence-corrected chi connectivity index (χ2v) is 9.08. The SMILES string of the molecule is CS(=O)(=O)[C@@H]1CCCC[C@H]1NCc1ccnc(OC2CCC2)c1. The van der Waals surface area contributed by atoms with Gasteiger partial charge in [-0.1, -0.05) is 12.8 Å². The van der Waals surface area contributed by atoms with Gasteiger partial charge in [0.2, 0.25) is 5.88 Å². The summed E-state index contributed by atoms with van der Waals surface area (Å²) < 4.78 is 29.7. The van der Waals surface area contributed by atoms with Crippen LogP contribution in [0.15, 0.2) is 18.3 Å². The van der Waals surface area contributed by atoms with Gasteiger partial charge < -0.3 is 10.1 Å². The van der Waals surface area contributed by atoms with E-state index < -0.39 is 9.84 Å². The summed E-state index contributed by atoms with van der Waals surface area (Å²) in [5, 5.41) is 3.18. The molecule has 1 aromatic heterocycles. The second kappa shape index (κ2) is 7.18. The molecule has 0 unspecified atom stereocenters. The fraction of sp³-hybridized carbons (Fsp3) is 0.706. The van der Waals surface area contributed by atoms with Gasteiger partial charge in [0.05, 0.1) is 5.25 Å². The summed E-state index contributed by atoms with van der Waals surface area (Å²) in [6.45, 7) is 0.653. The first-order valence-electron chi connectivity index (χ1n) is 8.56. The van der Waals surface area contributed by atoms with Crippen LogP contribution < -0.4 is 10.1 Å². The summed E-state index contributed by atoms with van der Waals surface area (Å²) in [7, 11) is -3.00. The third kappa shape index (κ3) is 4.44. The van der Waals surface area contributed by atoms with E-state index in [1.54, 1.807) is 6.20 Å². The molecule has 0 aliphatic heterocycles. The molecule has 3 rings (SSSR count). The smallest absolute Gasteiger partial charge is 0.213 e. The Bertz CT molecular complexity index is 628. The predicted octanol–water partition coefficient (Wildman–Crippen LogP) is 2.46. The van der Waals surface area contributed by atoms with E-state index in [1.165, 1.54) is 12.7 Å². The number of rotatable bonds is 6. The number of hydrogen-bond acceptors (Lipinski definition) is 5. The van der Waals surface area contributed by atoms with Crippen LogP contribution in [-0.4, -0.2) is 37.1 Å². The molecule has 6 heteroatoms. The molecule has 5 nitrogen and oxygen atoms in total. The molecule has 0 aromatic carbocycles. The minimum absolute atomic E-state index is 0.0444. The number of pyridine rings is 1. The van der Waals surface area contributed by atoms with Gasteiger partial charge in [-0.15, -0.1) is 0 Å². The van der Waals surface area contributed by atoms with E-state index in [0.717, 1.165) is 44.1 Å². The topological polar surface area (TPSA) is 68.3 Å². The van der Waals surface area contributed by atoms with Crippen molar-refractivity contribution in [3.63, 3.8) is 0 Å². The number of sulfone groups is 1. The van der Waals surface area contributed by atoms with Crippen molar-refractivity contribution in [3.05, 3.63) is 23.9 Å². The van der Waals surface area contributed by atoms with E-state index in [-0.39, 0.29) is 11.3 Å². The third-order valence-corrected chi connectivity index (χ3v) is 6.62. The second-order valence-electron chi connectivity index (χ2n) is 6.81. The molecular weight excluding hydrogens is 312 g/mol. The van der Waals surface area contributed by atoms with E-state index >= 15 is 0 Å². The Morgan fingerprint density at radius 3 is 2.70 bits per heavy atom. The van der Waals surface area contributed by atoms with Gasteiger partial charge in [0.1, 0.15) is 6.10 Å². The van der Waals surface area contributed by atoms with Gasteiger partial charge in [-0.05, 0) is 43.7 Å². The van der Waals surface area contributed by atoms with Crippen molar-refractivity contribution in [2.24, 2.45) is 0 Å². The highest BCUT2D eigenvalue weighted by Crippen LogP contribution is 2.26. The molecule has 2 aliphatic carbocycles. The van der Waals surface area contributed by atoms with Crippen molar-refractivity contribution >= 4 is 9.84 Å². The zero-order valence-electron chi connectivity index (χ0n) is 13.7. The highest BCUT2D eigenvalue weighted by molar-refractivity contribution is 7.91. The van der Waals surface area contributed by atoms with Crippen molar-refractivity contribution in [1.82, 2.24) is 10.3 Å². The van der Waals surface area contributed by atoms with Crippen LogP contribution in [-0.2, 0) is 16.4 Å². The van der Waals surface area contributed by atoms with Crippen LogP contribution in [0.2, 0.25) is 0 Å². The maximum Gasteiger partial charge on any atom is 0.213 e. The van der Waals surface area contributed by atoms with E-state index in [9.17, 15) is 8.42 Å². The molecule has 1 heterocycles. The summed E-state index contributed by atoms with van der Waals surface area (Å²) >= 11 is 0. The highest BCUT2D eigenvalue weighted by Gasteiger charge is 2.32. The van der Waals surface area contributed by atoms with Gasteiger partial charge >= 0.3 is 0 Å². The normalized spacial score (nSPS) is 25.8. The molecule has 0 radical (unpaired) electrons. The summed E-state index contributed by atoms with van der Waals surface area (Å²) in [6, 6.07) is 3.96. The van der Waals surface area contributed by atoms with Crippen molar-refractivity contribution in [3.8, 4) is 5.88 Å². The predicted molar refractivity (Wildman–Crippen MR) is 90.2 cm³/mol. The van der Waals surface area contributed by atoms with Crippen molar-refractivity contribution in [2.45, 2.75) is 68.9 Å². The van der Waals surface area contributed by atoms with Crippen LogP contribution in [0.3, 0.4) is 0 Å². The minimum atomic E-state index is -3.00. The first kappa shape index (κ1) is 16.7. The maximum atomic E-state index is 12.0. The molecule has 23 heavy (non-hydrogen) atoms. The van der Waals surface area contributed by atoms with Gasteiger partial charge in [0, 0.05) is 31.1 Å². The van der Waals surface area contributed by atoms with Crippen LogP contribution in [0.1, 0.15) is 50.5 Å². The average Bonchev–Trinajstić information content (AvgIpc) is 2.49. The fourth-order valence-corrected chi connectivity index (χ4v) is 4.80. The Kier molecular flexibility index (Phi) is 5.21. The third-order valence-electron chi connectivity index (χ3n) is 4.96. The molecule has 2 fully saturated rings. The minimum Gasteiger partial charge on any atom is -0.474 e. The van der Waals surface area contributed by atoms with Gasteiger partial charge in [-0.25, -0.2) is 13.4 Å². The van der Waals surface area contributed by atoms with Crippen molar-refractivity contribution < 1.29 is 13.2 Å². The van der Waals surface area contributed by atoms with Crippen LogP contribution in [0.25, 0.3) is 0 Å². The number of hydrogen-bond donors (Lipinski definition) is 1. The van der Waals surface area contributed by atoms with E-state index in [1.807, 2.05) is 12.1 Å². The van der Waals surface area contributed by atoms with Gasteiger partial charge in [-0.2, -0.15) is 0 Å². The monoisotopic (exact) mass is 338 g/mol. The first-order valence-corrected chi connectivity index (χ1v) is 10.5. The van der Waals surface area contributed by atoms with Crippen molar-refractivity contribution in [2.75, 3.05) is 6.26 Å². The maximum absolute atomic E-state index is 12.0. The van der Waals surface area contributed by atoms with Crippen LogP contribution in [0.5, 0.6) is 5.88 Å². The van der Waals surface area contributed by atoms with E-state index in [0.29, 0.717) is 18.5 Å². The molecule has 2 atom stereocenters. The lowest BCUT2D eigenvalue weighted by Gasteiger charge is -2.31. The number of ether oxygens (including phenoxy) is 1. The molecule has 0 spiro atoms. The van der Waals surface area contributed by atoms with E-state index in [2.05, 4.69) is 10.3 Å². The van der Waals surface area contributed by atoms with Crippen LogP contribution >= 0.6 is 0 Å². The zero-order valence-corrected chi connectivity index (χ0v) is 14.5. The number of aromatic nitrogens is 1. The molecular formula is C17H26N2O3S. The quantitative estimate of drug-likeness (QED) is 0.863. The summed E-state index contributed by atoms with van der Waals surface area (Å²) in [6.07, 6.45) is 10.7. The lowest BCUT2D eigenvalue weighted by Crippen LogP contribution is -2.45. The summed E-state index contributed by atoms with van der Waals surface area (Å²) in [5.74, 6) is 0.678. The Labute approximate surface area is 138 Å². The Morgan fingerprint density at radius 2 is 2.00 bits per heavy atom. The summed E-state index contributed by atoms with van der Waals surface area (Å²) in [5.41, 5.74) is 1.09. The molecule has 1 N–H and O–H groups in total. The van der Waals surface area contributed by atoms with Gasteiger partial charge in [0.25, 0.3) is 0 Å². The molecule has 1 aromatic rings. The molecule has 0 bridgehead atoms. The lowest BCUT2D eigenvalue weighted by atomic mass is 9.94. The van der Waals surface area contributed by atoms with Gasteiger partial charge in [0.15, 0.2) is 9.84 Å². The number of nitrogens with one attached hydrogen (secondary N) is 1. The van der Waals surface area contributed by atoms with Crippen LogP contribution in [0.4, 0.5) is 0 Å². The number of nitrogens with zero attached hydrogens (tertiary/aromatic N) is 1. The Hall–Kier alpha value is -1.14. The average molecular weight is 338 g/mol. The first-order chi connectivity index (χ1) is 11.0. The molecule has 0 amide bonds. The standard InChI is InChI=1S/C17H26N2O3S/c1-23(20,21)16-8-3-2-7-15(16)19-12-13-9-10-18-17(11-13)22-14-5-4-6-14/h9-11,14-16,19H,2-8,12H2,1H3/t15-,16-/m1/s1. The Morgan fingerprint density at radius 1 is 1.22 bits per heavy atom. The van der Waals surface area contributed by atoms with E-state index in [4.69, 9.17) is 4.74 Å². The van der Waals surface area contributed by atoms with Crippen LogP contribution in [0, 0.1) is 0 Å². The van der Waals surface area contributed by atoms with Gasteiger partial charge in [-0.3, -0.25) is 0 Å². The van der Waals surface area contributed by atoms with Crippen molar-refractivity contribution in [1.29, 1.82) is 0 Å². The Balaban J connectivity index is 1.59. The molecule has 128 valence electrons. The summed E-state index contributed by atoms with van der Waals surface area (Å²) in [4.78, 5) is 4.26. The molecule has 2 aliphatic rings. The highest BCUT2D eigenvalue weighted by atomic mass is 32.2. The lowest BCUT2D eigenvalue weighted by molar-refractivity contribution is 0.114. The fourth-order valence-electron chi connectivity index (χ4n) is 3.38. The molecule has 0 saturated heterocycles.